The number of anilines is 1. The molecule has 1 aliphatic rings. The van der Waals surface area contributed by atoms with Gasteiger partial charge in [-0.15, -0.1) is 0 Å². The van der Waals surface area contributed by atoms with Gasteiger partial charge in [0.25, 0.3) is 0 Å². The number of imide groups is 1. The minimum absolute atomic E-state index is 0.0654. The Labute approximate surface area is 100 Å². The lowest BCUT2D eigenvalue weighted by atomic mass is 10.2. The summed E-state index contributed by atoms with van der Waals surface area (Å²) in [5.74, 6) is -0.131. The van der Waals surface area contributed by atoms with Crippen molar-refractivity contribution < 1.29 is 9.59 Å². The molecule has 0 radical (unpaired) electrons. The second kappa shape index (κ2) is 4.99. The molecule has 1 aromatic rings. The van der Waals surface area contributed by atoms with Gasteiger partial charge in [-0.05, 0) is 30.5 Å². The van der Waals surface area contributed by atoms with Crippen molar-refractivity contribution in [3.05, 3.63) is 29.8 Å². The van der Waals surface area contributed by atoms with Gasteiger partial charge in [-0.25, -0.2) is 0 Å². The van der Waals surface area contributed by atoms with E-state index in [4.69, 9.17) is 5.73 Å². The zero-order valence-electron chi connectivity index (χ0n) is 9.69. The Balaban J connectivity index is 2.12. The monoisotopic (exact) mass is 232 g/mol. The van der Waals surface area contributed by atoms with Crippen molar-refractivity contribution in [2.45, 2.75) is 32.2 Å². The molecule has 0 atom stereocenters. The Bertz CT molecular complexity index is 408. The molecule has 0 bridgehead atoms. The van der Waals surface area contributed by atoms with Gasteiger partial charge in [0.1, 0.15) is 0 Å². The molecule has 0 aromatic heterocycles. The van der Waals surface area contributed by atoms with Gasteiger partial charge in [-0.3, -0.25) is 14.5 Å². The van der Waals surface area contributed by atoms with E-state index in [-0.39, 0.29) is 11.8 Å². The van der Waals surface area contributed by atoms with Crippen molar-refractivity contribution in [3.63, 3.8) is 0 Å². The fraction of sp³-hybridized carbons (Fsp3) is 0.385. The van der Waals surface area contributed by atoms with Gasteiger partial charge in [0, 0.05) is 18.5 Å². The van der Waals surface area contributed by atoms with E-state index in [2.05, 4.69) is 0 Å². The van der Waals surface area contributed by atoms with Crippen LogP contribution in [0.3, 0.4) is 0 Å². The number of hydrogen-bond acceptors (Lipinski definition) is 3. The van der Waals surface area contributed by atoms with Crippen LogP contribution in [0.4, 0.5) is 5.69 Å². The number of nitrogens with two attached hydrogens (primary N) is 1. The highest BCUT2D eigenvalue weighted by Crippen LogP contribution is 2.16. The summed E-state index contributed by atoms with van der Waals surface area (Å²) in [6.07, 6.45) is 2.56. The van der Waals surface area contributed by atoms with E-state index in [1.807, 2.05) is 12.1 Å². The van der Waals surface area contributed by atoms with E-state index in [0.717, 1.165) is 18.4 Å². The lowest BCUT2D eigenvalue weighted by molar-refractivity contribution is -0.144. The van der Waals surface area contributed by atoms with Crippen molar-refractivity contribution in [3.8, 4) is 0 Å². The molecule has 2 amide bonds. The van der Waals surface area contributed by atoms with Crippen LogP contribution in [0.25, 0.3) is 0 Å². The van der Waals surface area contributed by atoms with Crippen LogP contribution < -0.4 is 5.73 Å². The molecule has 0 saturated carbocycles. The van der Waals surface area contributed by atoms with Crippen molar-refractivity contribution in [2.75, 3.05) is 5.73 Å². The predicted molar refractivity (Wildman–Crippen MR) is 64.9 cm³/mol. The third kappa shape index (κ3) is 2.84. The quantitative estimate of drug-likeness (QED) is 0.623. The zero-order chi connectivity index (χ0) is 12.3. The van der Waals surface area contributed by atoms with Crippen LogP contribution in [-0.4, -0.2) is 16.7 Å². The SMILES string of the molecule is Nc1ccc(CN2C(=O)CCCCC2=O)cc1. The summed E-state index contributed by atoms with van der Waals surface area (Å²) >= 11 is 0. The van der Waals surface area contributed by atoms with E-state index in [1.54, 1.807) is 12.1 Å². The first-order valence-corrected chi connectivity index (χ1v) is 5.84. The molecule has 0 unspecified atom stereocenters. The summed E-state index contributed by atoms with van der Waals surface area (Å²) in [5.41, 5.74) is 7.21. The fourth-order valence-electron chi connectivity index (χ4n) is 1.94. The highest BCUT2D eigenvalue weighted by molar-refractivity contribution is 5.95. The summed E-state index contributed by atoms with van der Waals surface area (Å²) in [6, 6.07) is 7.26. The van der Waals surface area contributed by atoms with Gasteiger partial charge in [-0.2, -0.15) is 0 Å². The molecule has 1 heterocycles. The van der Waals surface area contributed by atoms with E-state index >= 15 is 0 Å². The van der Waals surface area contributed by atoms with Crippen LogP contribution in [0.1, 0.15) is 31.2 Å². The minimum Gasteiger partial charge on any atom is -0.399 e. The smallest absolute Gasteiger partial charge is 0.229 e. The standard InChI is InChI=1S/C13H16N2O2/c14-11-7-5-10(6-8-11)9-15-12(16)3-1-2-4-13(15)17/h5-8H,1-4,9,14H2. The summed E-state index contributed by atoms with van der Waals surface area (Å²) in [5, 5.41) is 0. The molecule has 1 fully saturated rings. The predicted octanol–water partition coefficient (Wildman–Crippen LogP) is 1.70. The fourth-order valence-corrected chi connectivity index (χ4v) is 1.94. The molecule has 2 rings (SSSR count). The Morgan fingerprint density at radius 3 is 2.06 bits per heavy atom. The third-order valence-corrected chi connectivity index (χ3v) is 2.95. The molecule has 1 aromatic carbocycles. The second-order valence-electron chi connectivity index (χ2n) is 4.32. The lowest BCUT2D eigenvalue weighted by Crippen LogP contribution is -2.34. The first kappa shape index (κ1) is 11.6. The molecule has 1 aliphatic heterocycles. The number of benzene rings is 1. The van der Waals surface area contributed by atoms with Crippen LogP contribution >= 0.6 is 0 Å². The van der Waals surface area contributed by atoms with Crippen molar-refractivity contribution in [1.82, 2.24) is 4.90 Å². The molecule has 1 saturated heterocycles. The van der Waals surface area contributed by atoms with Crippen LogP contribution in [0.15, 0.2) is 24.3 Å². The van der Waals surface area contributed by atoms with Gasteiger partial charge >= 0.3 is 0 Å². The van der Waals surface area contributed by atoms with Gasteiger partial charge in [0.2, 0.25) is 11.8 Å². The molecule has 4 nitrogen and oxygen atoms in total. The summed E-state index contributed by atoms with van der Waals surface area (Å²) < 4.78 is 0. The largest absolute Gasteiger partial charge is 0.399 e. The van der Waals surface area contributed by atoms with E-state index in [1.165, 1.54) is 4.90 Å². The third-order valence-electron chi connectivity index (χ3n) is 2.95. The van der Waals surface area contributed by atoms with Gasteiger partial charge in [0.15, 0.2) is 0 Å². The van der Waals surface area contributed by atoms with Gasteiger partial charge in [0.05, 0.1) is 6.54 Å². The number of nitrogen functional groups attached to an aromatic ring is 1. The number of carbonyl (C=O) groups excluding carboxylic acids is 2. The van der Waals surface area contributed by atoms with E-state index in [0.29, 0.717) is 25.1 Å². The maximum atomic E-state index is 11.8. The summed E-state index contributed by atoms with van der Waals surface area (Å²) in [4.78, 5) is 24.9. The maximum Gasteiger partial charge on any atom is 0.229 e. The molecular weight excluding hydrogens is 216 g/mol. The van der Waals surface area contributed by atoms with Gasteiger partial charge < -0.3 is 5.73 Å². The first-order valence-electron chi connectivity index (χ1n) is 5.84. The van der Waals surface area contributed by atoms with Crippen LogP contribution in [0, 0.1) is 0 Å². The highest BCUT2D eigenvalue weighted by atomic mass is 16.2. The van der Waals surface area contributed by atoms with Crippen LogP contribution in [0.5, 0.6) is 0 Å². The number of rotatable bonds is 2. The van der Waals surface area contributed by atoms with Crippen LogP contribution in [-0.2, 0) is 16.1 Å². The highest BCUT2D eigenvalue weighted by Gasteiger charge is 2.23. The maximum absolute atomic E-state index is 11.8. The normalized spacial score (nSPS) is 17.1. The number of amides is 2. The zero-order valence-corrected chi connectivity index (χ0v) is 9.69. The molecule has 2 N–H and O–H groups in total. The van der Waals surface area contributed by atoms with Crippen molar-refractivity contribution in [2.24, 2.45) is 0 Å². The Morgan fingerprint density at radius 2 is 1.53 bits per heavy atom. The molecule has 17 heavy (non-hydrogen) atoms. The Hall–Kier alpha value is -1.84. The number of hydrogen-bond donors (Lipinski definition) is 1. The van der Waals surface area contributed by atoms with E-state index in [9.17, 15) is 9.59 Å². The molecule has 0 spiro atoms. The van der Waals surface area contributed by atoms with Gasteiger partial charge in [-0.1, -0.05) is 12.1 Å². The molecule has 90 valence electrons. The lowest BCUT2D eigenvalue weighted by Gasteiger charge is -2.18. The van der Waals surface area contributed by atoms with E-state index < -0.39 is 0 Å². The molecular formula is C13H16N2O2. The molecule has 0 aliphatic carbocycles. The molecule has 4 heteroatoms. The average Bonchev–Trinajstić information content (AvgIpc) is 2.47. The second-order valence-corrected chi connectivity index (χ2v) is 4.32. The minimum atomic E-state index is -0.0654. The average molecular weight is 232 g/mol. The Kier molecular flexibility index (Phi) is 3.42. The van der Waals surface area contributed by atoms with Crippen molar-refractivity contribution in [1.29, 1.82) is 0 Å². The van der Waals surface area contributed by atoms with Crippen molar-refractivity contribution >= 4 is 17.5 Å². The number of nitrogens with zero attached hydrogens (tertiary/aromatic N) is 1. The topological polar surface area (TPSA) is 63.4 Å². The number of likely N-dealkylation sites (tertiary alicyclic amines) is 1. The van der Waals surface area contributed by atoms with Crippen LogP contribution in [0.2, 0.25) is 0 Å². The number of carbonyl (C=O) groups is 2. The first-order chi connectivity index (χ1) is 8.16. The summed E-state index contributed by atoms with van der Waals surface area (Å²) in [6.45, 7) is 0.359. The summed E-state index contributed by atoms with van der Waals surface area (Å²) in [7, 11) is 0. The Morgan fingerprint density at radius 1 is 1.00 bits per heavy atom.